The number of benzene rings is 1. The number of ether oxygens (including phenoxy) is 1. The predicted molar refractivity (Wildman–Crippen MR) is 100 cm³/mol. The number of para-hydroxylation sites is 1. The van der Waals surface area contributed by atoms with E-state index in [1.807, 2.05) is 29.2 Å². The van der Waals surface area contributed by atoms with Crippen molar-refractivity contribution in [3.8, 4) is 17.1 Å². The number of rotatable bonds is 6. The summed E-state index contributed by atoms with van der Waals surface area (Å²) in [7, 11) is 1.60. The summed E-state index contributed by atoms with van der Waals surface area (Å²) in [5.41, 5.74) is 0.777. The van der Waals surface area contributed by atoms with Crippen LogP contribution in [0, 0.1) is 5.92 Å². The number of aryl methyl sites for hydroxylation is 1. The van der Waals surface area contributed by atoms with Crippen molar-refractivity contribution in [3.05, 3.63) is 30.2 Å². The molecule has 2 aliphatic rings. The molecule has 8 nitrogen and oxygen atoms in total. The zero-order valence-corrected chi connectivity index (χ0v) is 15.9. The summed E-state index contributed by atoms with van der Waals surface area (Å²) in [6, 6.07) is 7.74. The molecule has 2 saturated heterocycles. The summed E-state index contributed by atoms with van der Waals surface area (Å²) in [5.74, 6) is 2.17. The predicted octanol–water partition coefficient (Wildman–Crippen LogP) is 1.80. The van der Waals surface area contributed by atoms with Gasteiger partial charge in [0.05, 0.1) is 12.7 Å². The molecule has 2 amide bonds. The lowest BCUT2D eigenvalue weighted by atomic mass is 9.93. The molecule has 2 atom stereocenters. The largest absolute Gasteiger partial charge is 0.496 e. The second-order valence-electron chi connectivity index (χ2n) is 7.33. The van der Waals surface area contributed by atoms with Crippen molar-refractivity contribution in [2.24, 2.45) is 5.92 Å². The van der Waals surface area contributed by atoms with E-state index in [1.54, 1.807) is 7.11 Å². The van der Waals surface area contributed by atoms with E-state index in [2.05, 4.69) is 15.5 Å². The lowest BCUT2D eigenvalue weighted by molar-refractivity contribution is -0.133. The van der Waals surface area contributed by atoms with E-state index < -0.39 is 0 Å². The SMILES string of the molecule is COc1ccccc1-c1noc(CCCC(=O)N2CC[C@@H]3NC(=O)C[C@@H]3C2)n1. The number of nitrogens with one attached hydrogen (secondary N) is 1. The molecule has 0 unspecified atom stereocenters. The van der Waals surface area contributed by atoms with Crippen molar-refractivity contribution in [2.75, 3.05) is 20.2 Å². The van der Waals surface area contributed by atoms with E-state index in [0.29, 0.717) is 56.2 Å². The van der Waals surface area contributed by atoms with Crippen LogP contribution in [0.25, 0.3) is 11.4 Å². The van der Waals surface area contributed by atoms with Crippen molar-refractivity contribution < 1.29 is 18.8 Å². The van der Waals surface area contributed by atoms with Gasteiger partial charge in [-0.15, -0.1) is 0 Å². The van der Waals surface area contributed by atoms with Crippen LogP contribution in [0.3, 0.4) is 0 Å². The van der Waals surface area contributed by atoms with Gasteiger partial charge < -0.3 is 19.5 Å². The molecule has 4 rings (SSSR count). The van der Waals surface area contributed by atoms with Crippen molar-refractivity contribution in [1.82, 2.24) is 20.4 Å². The first kappa shape index (κ1) is 18.5. The van der Waals surface area contributed by atoms with Crippen LogP contribution in [0.15, 0.2) is 28.8 Å². The molecule has 28 heavy (non-hydrogen) atoms. The number of likely N-dealkylation sites (tertiary alicyclic amines) is 1. The van der Waals surface area contributed by atoms with Gasteiger partial charge in [0.25, 0.3) is 0 Å². The summed E-state index contributed by atoms with van der Waals surface area (Å²) in [6.07, 6.45) is 3.00. The van der Waals surface area contributed by atoms with Gasteiger partial charge in [0.15, 0.2) is 0 Å². The third-order valence-corrected chi connectivity index (χ3v) is 5.48. The van der Waals surface area contributed by atoms with Gasteiger partial charge in [-0.1, -0.05) is 17.3 Å². The summed E-state index contributed by atoms with van der Waals surface area (Å²) in [6.45, 7) is 1.37. The highest BCUT2D eigenvalue weighted by Gasteiger charge is 2.37. The lowest BCUT2D eigenvalue weighted by Gasteiger charge is -2.34. The summed E-state index contributed by atoms with van der Waals surface area (Å²) >= 11 is 0. The Labute approximate surface area is 163 Å². The first-order valence-electron chi connectivity index (χ1n) is 9.67. The minimum atomic E-state index is 0.103. The number of piperidine rings is 1. The second kappa shape index (κ2) is 8.00. The Bertz CT molecular complexity index is 865. The second-order valence-corrected chi connectivity index (χ2v) is 7.33. The van der Waals surface area contributed by atoms with Gasteiger partial charge in [-0.05, 0) is 25.0 Å². The Hall–Kier alpha value is -2.90. The van der Waals surface area contributed by atoms with Crippen molar-refractivity contribution in [3.63, 3.8) is 0 Å². The molecule has 0 saturated carbocycles. The highest BCUT2D eigenvalue weighted by molar-refractivity contribution is 5.80. The maximum atomic E-state index is 12.5. The Morgan fingerprint density at radius 3 is 3.11 bits per heavy atom. The standard InChI is InChI=1S/C20H24N4O4/c1-27-16-6-3-2-5-14(16)20-22-18(28-23-20)7-4-8-19(26)24-10-9-15-13(12-24)11-17(25)21-15/h2-3,5-6,13,15H,4,7-12H2,1H3,(H,21,25)/t13-,15+/m1/s1. The van der Waals surface area contributed by atoms with Crippen molar-refractivity contribution in [1.29, 1.82) is 0 Å². The van der Waals surface area contributed by atoms with E-state index in [-0.39, 0.29) is 23.8 Å². The van der Waals surface area contributed by atoms with Crippen molar-refractivity contribution in [2.45, 2.75) is 38.1 Å². The number of hydrogen-bond donors (Lipinski definition) is 1. The molecule has 0 radical (unpaired) electrons. The molecule has 0 aliphatic carbocycles. The molecular weight excluding hydrogens is 360 g/mol. The van der Waals surface area contributed by atoms with Crippen LogP contribution in [0.2, 0.25) is 0 Å². The maximum Gasteiger partial charge on any atom is 0.226 e. The van der Waals surface area contributed by atoms with Crippen LogP contribution in [-0.2, 0) is 16.0 Å². The molecule has 2 fully saturated rings. The first-order chi connectivity index (χ1) is 13.6. The Kier molecular flexibility index (Phi) is 5.27. The lowest BCUT2D eigenvalue weighted by Crippen LogP contribution is -2.47. The van der Waals surface area contributed by atoms with E-state index >= 15 is 0 Å². The van der Waals surface area contributed by atoms with Gasteiger partial charge in [-0.3, -0.25) is 9.59 Å². The molecule has 148 valence electrons. The average molecular weight is 384 g/mol. The van der Waals surface area contributed by atoms with E-state index in [1.165, 1.54) is 0 Å². The number of nitrogens with zero attached hydrogens (tertiary/aromatic N) is 3. The smallest absolute Gasteiger partial charge is 0.226 e. The summed E-state index contributed by atoms with van der Waals surface area (Å²) in [4.78, 5) is 30.3. The zero-order valence-electron chi connectivity index (χ0n) is 15.9. The molecule has 3 heterocycles. The van der Waals surface area contributed by atoms with Crippen molar-refractivity contribution >= 4 is 11.8 Å². The van der Waals surface area contributed by atoms with Gasteiger partial charge in [-0.2, -0.15) is 4.98 Å². The fraction of sp³-hybridized carbons (Fsp3) is 0.500. The summed E-state index contributed by atoms with van der Waals surface area (Å²) in [5, 5.41) is 7.02. The number of amides is 2. The number of fused-ring (bicyclic) bond motifs is 1. The van der Waals surface area contributed by atoms with E-state index in [0.717, 1.165) is 12.0 Å². The quantitative estimate of drug-likeness (QED) is 0.816. The Balaban J connectivity index is 1.28. The normalized spacial score (nSPS) is 21.3. The van der Waals surface area contributed by atoms with Crippen LogP contribution in [0.5, 0.6) is 5.75 Å². The molecule has 1 aromatic heterocycles. The van der Waals surface area contributed by atoms with Gasteiger partial charge in [0, 0.05) is 44.3 Å². The van der Waals surface area contributed by atoms with E-state index in [4.69, 9.17) is 9.26 Å². The minimum Gasteiger partial charge on any atom is -0.496 e. The number of methoxy groups -OCH3 is 1. The molecule has 0 bridgehead atoms. The highest BCUT2D eigenvalue weighted by Crippen LogP contribution is 2.28. The zero-order chi connectivity index (χ0) is 19.5. The molecule has 2 aliphatic heterocycles. The van der Waals surface area contributed by atoms with Crippen LogP contribution < -0.4 is 10.1 Å². The Morgan fingerprint density at radius 2 is 2.25 bits per heavy atom. The number of carbonyl (C=O) groups is 2. The third-order valence-electron chi connectivity index (χ3n) is 5.48. The molecule has 2 aromatic rings. The molecule has 1 aromatic carbocycles. The number of hydrogen-bond acceptors (Lipinski definition) is 6. The summed E-state index contributed by atoms with van der Waals surface area (Å²) < 4.78 is 10.7. The van der Waals surface area contributed by atoms with Crippen LogP contribution in [0.1, 0.15) is 31.6 Å². The van der Waals surface area contributed by atoms with Gasteiger partial charge in [0.2, 0.25) is 23.5 Å². The average Bonchev–Trinajstić information content (AvgIpc) is 3.32. The van der Waals surface area contributed by atoms with Crippen LogP contribution in [-0.4, -0.2) is 53.1 Å². The molecule has 8 heteroatoms. The van der Waals surface area contributed by atoms with Gasteiger partial charge in [0.1, 0.15) is 5.75 Å². The van der Waals surface area contributed by atoms with Gasteiger partial charge >= 0.3 is 0 Å². The minimum absolute atomic E-state index is 0.103. The third kappa shape index (κ3) is 3.85. The molecule has 0 spiro atoms. The molecule has 1 N–H and O–H groups in total. The van der Waals surface area contributed by atoms with E-state index in [9.17, 15) is 9.59 Å². The van der Waals surface area contributed by atoms with Crippen LogP contribution in [0.4, 0.5) is 0 Å². The van der Waals surface area contributed by atoms with Gasteiger partial charge in [-0.25, -0.2) is 0 Å². The monoisotopic (exact) mass is 384 g/mol. The fourth-order valence-corrected chi connectivity index (χ4v) is 4.00. The van der Waals surface area contributed by atoms with Crippen LogP contribution >= 0.6 is 0 Å². The highest BCUT2D eigenvalue weighted by atomic mass is 16.5. The number of aromatic nitrogens is 2. The Morgan fingerprint density at radius 1 is 1.39 bits per heavy atom. The first-order valence-corrected chi connectivity index (χ1v) is 9.67. The fourth-order valence-electron chi connectivity index (χ4n) is 4.00. The maximum absolute atomic E-state index is 12.5. The topological polar surface area (TPSA) is 97.6 Å². The number of carbonyl (C=O) groups excluding carboxylic acids is 2. The molecular formula is C20H24N4O4.